The molecule has 2 atom stereocenters. The average molecular weight is 338 g/mol. The molecule has 2 aliphatic rings. The van der Waals surface area contributed by atoms with E-state index in [1.165, 1.54) is 5.56 Å². The maximum absolute atomic E-state index is 13.2. The summed E-state index contributed by atoms with van der Waals surface area (Å²) >= 11 is 0. The van der Waals surface area contributed by atoms with Crippen molar-refractivity contribution in [1.29, 1.82) is 0 Å². The minimum Gasteiger partial charge on any atom is -0.339 e. The van der Waals surface area contributed by atoms with Crippen molar-refractivity contribution in [2.75, 3.05) is 19.6 Å². The largest absolute Gasteiger partial charge is 0.339 e. The maximum Gasteiger partial charge on any atom is 0.240 e. The Kier molecular flexibility index (Phi) is 4.83. The highest BCUT2D eigenvalue weighted by Crippen LogP contribution is 2.26. The number of carbonyl (C=O) groups is 1. The van der Waals surface area contributed by atoms with E-state index in [2.05, 4.69) is 43.6 Å². The van der Waals surface area contributed by atoms with Crippen LogP contribution in [0.3, 0.4) is 0 Å². The zero-order chi connectivity index (χ0) is 17.1. The Morgan fingerprint density at radius 2 is 1.96 bits per heavy atom. The molecule has 0 bridgehead atoms. The SMILES string of the molecule is O=C([C@@H]1CCCN1Cc1ccccc1)N1CCC[C@H](n2ccnc2)C1. The first-order chi connectivity index (χ1) is 12.3. The maximum atomic E-state index is 13.2. The number of benzene rings is 1. The first-order valence-electron chi connectivity index (χ1n) is 9.35. The summed E-state index contributed by atoms with van der Waals surface area (Å²) in [4.78, 5) is 21.8. The molecule has 0 radical (unpaired) electrons. The van der Waals surface area contributed by atoms with Crippen molar-refractivity contribution in [1.82, 2.24) is 19.4 Å². The van der Waals surface area contributed by atoms with Crippen LogP contribution in [0.1, 0.15) is 37.3 Å². The highest BCUT2D eigenvalue weighted by atomic mass is 16.2. The standard InChI is InChI=1S/C20H26N4O/c25-20(23-12-4-8-18(15-23)24-13-10-21-16-24)19-9-5-11-22(19)14-17-6-2-1-3-7-17/h1-3,6-7,10,13,16,18-19H,4-5,8-9,11-12,14-15H2/t18-,19-/m0/s1. The minimum atomic E-state index is 0.0433. The number of carbonyl (C=O) groups excluding carboxylic acids is 1. The first-order valence-corrected chi connectivity index (χ1v) is 9.35. The fourth-order valence-corrected chi connectivity index (χ4v) is 4.21. The van der Waals surface area contributed by atoms with E-state index in [9.17, 15) is 4.79 Å². The monoisotopic (exact) mass is 338 g/mol. The summed E-state index contributed by atoms with van der Waals surface area (Å²) in [7, 11) is 0. The van der Waals surface area contributed by atoms with Crippen molar-refractivity contribution in [3.63, 3.8) is 0 Å². The van der Waals surface area contributed by atoms with E-state index >= 15 is 0 Å². The van der Waals surface area contributed by atoms with Gasteiger partial charge in [-0.05, 0) is 37.8 Å². The van der Waals surface area contributed by atoms with Crippen LogP contribution in [0, 0.1) is 0 Å². The zero-order valence-corrected chi connectivity index (χ0v) is 14.6. The molecular weight excluding hydrogens is 312 g/mol. The van der Waals surface area contributed by atoms with Crippen LogP contribution >= 0.6 is 0 Å². The van der Waals surface area contributed by atoms with Crippen LogP contribution in [0.2, 0.25) is 0 Å². The second-order valence-corrected chi connectivity index (χ2v) is 7.20. The smallest absolute Gasteiger partial charge is 0.240 e. The zero-order valence-electron chi connectivity index (χ0n) is 14.6. The molecule has 3 heterocycles. The summed E-state index contributed by atoms with van der Waals surface area (Å²) in [5.74, 6) is 0.318. The predicted molar refractivity (Wildman–Crippen MR) is 97.0 cm³/mol. The molecule has 2 saturated heterocycles. The number of piperidine rings is 1. The number of rotatable bonds is 4. The van der Waals surface area contributed by atoms with Gasteiger partial charge in [-0.1, -0.05) is 30.3 Å². The van der Waals surface area contributed by atoms with Crippen molar-refractivity contribution in [3.8, 4) is 0 Å². The predicted octanol–water partition coefficient (Wildman–Crippen LogP) is 2.71. The lowest BCUT2D eigenvalue weighted by Gasteiger charge is -2.36. The molecule has 2 aromatic rings. The third-order valence-electron chi connectivity index (χ3n) is 5.53. The normalized spacial score (nSPS) is 24.6. The molecule has 2 aliphatic heterocycles. The van der Waals surface area contributed by atoms with Gasteiger partial charge >= 0.3 is 0 Å². The average Bonchev–Trinajstić information content (AvgIpc) is 3.34. The van der Waals surface area contributed by atoms with E-state index in [-0.39, 0.29) is 6.04 Å². The molecule has 25 heavy (non-hydrogen) atoms. The van der Waals surface area contributed by atoms with Crippen LogP contribution in [0.5, 0.6) is 0 Å². The topological polar surface area (TPSA) is 41.4 Å². The molecule has 5 heteroatoms. The summed E-state index contributed by atoms with van der Waals surface area (Å²) in [6.07, 6.45) is 9.99. The van der Waals surface area contributed by atoms with E-state index in [1.807, 2.05) is 24.8 Å². The van der Waals surface area contributed by atoms with E-state index in [0.29, 0.717) is 11.9 Å². The van der Waals surface area contributed by atoms with Crippen LogP contribution in [0.4, 0.5) is 0 Å². The fraction of sp³-hybridized carbons (Fsp3) is 0.500. The van der Waals surface area contributed by atoms with Gasteiger partial charge in [-0.3, -0.25) is 9.69 Å². The number of aromatic nitrogens is 2. The van der Waals surface area contributed by atoms with Gasteiger partial charge in [0.25, 0.3) is 0 Å². The number of nitrogens with zero attached hydrogens (tertiary/aromatic N) is 4. The van der Waals surface area contributed by atoms with Crippen LogP contribution in [-0.2, 0) is 11.3 Å². The van der Waals surface area contributed by atoms with Crippen LogP contribution in [0.25, 0.3) is 0 Å². The number of likely N-dealkylation sites (tertiary alicyclic amines) is 2. The van der Waals surface area contributed by atoms with Crippen LogP contribution < -0.4 is 0 Å². The second-order valence-electron chi connectivity index (χ2n) is 7.20. The van der Waals surface area contributed by atoms with Crippen molar-refractivity contribution in [2.24, 2.45) is 0 Å². The van der Waals surface area contributed by atoms with E-state index in [4.69, 9.17) is 0 Å². The number of amides is 1. The van der Waals surface area contributed by atoms with Gasteiger partial charge in [-0.15, -0.1) is 0 Å². The Morgan fingerprint density at radius 1 is 1.12 bits per heavy atom. The minimum absolute atomic E-state index is 0.0433. The van der Waals surface area contributed by atoms with Gasteiger partial charge in [0.05, 0.1) is 18.4 Å². The highest BCUT2D eigenvalue weighted by molar-refractivity contribution is 5.82. The van der Waals surface area contributed by atoms with Crippen LogP contribution in [-0.4, -0.2) is 50.9 Å². The number of imidazole rings is 1. The lowest BCUT2D eigenvalue weighted by Crippen LogP contribution is -2.49. The number of hydrogen-bond donors (Lipinski definition) is 0. The Hall–Kier alpha value is -2.14. The molecule has 1 aromatic carbocycles. The molecular formula is C20H26N4O. The van der Waals surface area contributed by atoms with Crippen molar-refractivity contribution >= 4 is 5.91 Å². The molecule has 1 amide bonds. The molecule has 0 aliphatic carbocycles. The molecule has 1 aromatic heterocycles. The second kappa shape index (κ2) is 7.40. The van der Waals surface area contributed by atoms with Gasteiger partial charge in [0, 0.05) is 32.0 Å². The Labute approximate surface area is 149 Å². The van der Waals surface area contributed by atoms with Gasteiger partial charge in [-0.25, -0.2) is 4.98 Å². The summed E-state index contributed by atoms with van der Waals surface area (Å²) < 4.78 is 2.15. The Balaban J connectivity index is 1.42. The molecule has 0 spiro atoms. The lowest BCUT2D eigenvalue weighted by atomic mass is 10.0. The van der Waals surface area contributed by atoms with Gasteiger partial charge in [0.2, 0.25) is 5.91 Å². The van der Waals surface area contributed by atoms with Crippen molar-refractivity contribution in [3.05, 3.63) is 54.6 Å². The van der Waals surface area contributed by atoms with Crippen molar-refractivity contribution in [2.45, 2.75) is 44.3 Å². The summed E-state index contributed by atoms with van der Waals surface area (Å²) in [5.41, 5.74) is 1.29. The lowest BCUT2D eigenvalue weighted by molar-refractivity contribution is -0.137. The number of hydrogen-bond acceptors (Lipinski definition) is 3. The molecule has 0 unspecified atom stereocenters. The highest BCUT2D eigenvalue weighted by Gasteiger charge is 2.35. The third-order valence-corrected chi connectivity index (χ3v) is 5.53. The Morgan fingerprint density at radius 3 is 2.76 bits per heavy atom. The van der Waals surface area contributed by atoms with Gasteiger partial charge in [0.15, 0.2) is 0 Å². The van der Waals surface area contributed by atoms with E-state index in [1.54, 1.807) is 0 Å². The summed E-state index contributed by atoms with van der Waals surface area (Å²) in [5, 5.41) is 0. The summed E-state index contributed by atoms with van der Waals surface area (Å²) in [6.45, 7) is 3.59. The Bertz CT molecular complexity index is 685. The molecule has 0 N–H and O–H groups in total. The molecule has 2 fully saturated rings. The molecule has 0 saturated carbocycles. The third kappa shape index (κ3) is 3.61. The van der Waals surface area contributed by atoms with E-state index in [0.717, 1.165) is 51.9 Å². The quantitative estimate of drug-likeness (QED) is 0.861. The molecule has 132 valence electrons. The molecule has 4 rings (SSSR count). The van der Waals surface area contributed by atoms with Crippen LogP contribution in [0.15, 0.2) is 49.1 Å². The molecule has 5 nitrogen and oxygen atoms in total. The van der Waals surface area contributed by atoms with E-state index < -0.39 is 0 Å². The van der Waals surface area contributed by atoms with Gasteiger partial charge in [-0.2, -0.15) is 0 Å². The van der Waals surface area contributed by atoms with Gasteiger partial charge < -0.3 is 9.47 Å². The van der Waals surface area contributed by atoms with Crippen molar-refractivity contribution < 1.29 is 4.79 Å². The first kappa shape index (κ1) is 16.3. The van der Waals surface area contributed by atoms with Gasteiger partial charge in [0.1, 0.15) is 0 Å². The summed E-state index contributed by atoms with van der Waals surface area (Å²) in [6, 6.07) is 10.9. The fourth-order valence-electron chi connectivity index (χ4n) is 4.21.